The Morgan fingerprint density at radius 1 is 0.816 bits per heavy atom. The highest BCUT2D eigenvalue weighted by molar-refractivity contribution is 5.87. The van der Waals surface area contributed by atoms with Crippen LogP contribution in [0.25, 0.3) is 12.2 Å². The minimum absolute atomic E-state index is 0.000685. The summed E-state index contributed by atoms with van der Waals surface area (Å²) in [5, 5.41) is 10.8. The van der Waals surface area contributed by atoms with Gasteiger partial charge in [-0.05, 0) is 47.9 Å². The summed E-state index contributed by atoms with van der Waals surface area (Å²) in [5.41, 5.74) is 4.20. The fourth-order valence-electron chi connectivity index (χ4n) is 3.94. The number of nitrogens with one attached hydrogen (secondary N) is 4. The van der Waals surface area contributed by atoms with Gasteiger partial charge in [0, 0.05) is 26.9 Å². The molecule has 0 aliphatic heterocycles. The zero-order chi connectivity index (χ0) is 28.1. The molecule has 0 saturated carbocycles. The Labute approximate surface area is 225 Å². The molecule has 0 aliphatic rings. The van der Waals surface area contributed by atoms with Crippen LogP contribution >= 0.6 is 0 Å². The molecule has 0 aromatic heterocycles. The first kappa shape index (κ1) is 30.3. The second-order valence-corrected chi connectivity index (χ2v) is 9.69. The Morgan fingerprint density at radius 2 is 1.39 bits per heavy atom. The number of carbonyl (C=O) groups excluding carboxylic acids is 4. The zero-order valence-corrected chi connectivity index (χ0v) is 23.0. The Kier molecular flexibility index (Phi) is 12.2. The summed E-state index contributed by atoms with van der Waals surface area (Å²) in [6.45, 7) is 7.35. The lowest BCUT2D eigenvalue weighted by Gasteiger charge is -2.20. The second-order valence-electron chi connectivity index (χ2n) is 9.69. The molecule has 0 saturated heterocycles. The van der Waals surface area contributed by atoms with Crippen LogP contribution in [0.2, 0.25) is 0 Å². The minimum atomic E-state index is -0.561. The molecular weight excluding hydrogens is 480 g/mol. The first-order chi connectivity index (χ1) is 18.1. The molecule has 2 rings (SSSR count). The van der Waals surface area contributed by atoms with Gasteiger partial charge in [0.25, 0.3) is 0 Å². The Hall–Kier alpha value is -3.94. The first-order valence-electron chi connectivity index (χ1n) is 13.0. The van der Waals surface area contributed by atoms with Crippen LogP contribution < -0.4 is 21.3 Å². The Bertz CT molecular complexity index is 1140. The van der Waals surface area contributed by atoms with E-state index in [9.17, 15) is 19.2 Å². The average molecular weight is 521 g/mol. The van der Waals surface area contributed by atoms with Gasteiger partial charge in [-0.3, -0.25) is 19.2 Å². The van der Waals surface area contributed by atoms with Crippen molar-refractivity contribution in [3.8, 4) is 0 Å². The van der Waals surface area contributed by atoms with Gasteiger partial charge < -0.3 is 21.3 Å². The van der Waals surface area contributed by atoms with E-state index in [-0.39, 0.29) is 29.5 Å². The number of hydrogen-bond acceptors (Lipinski definition) is 4. The van der Waals surface area contributed by atoms with Gasteiger partial charge in [-0.2, -0.15) is 0 Å². The van der Waals surface area contributed by atoms with Gasteiger partial charge in [-0.15, -0.1) is 0 Å². The molecule has 8 nitrogen and oxygen atoms in total. The molecule has 0 fully saturated rings. The van der Waals surface area contributed by atoms with E-state index >= 15 is 0 Å². The lowest BCUT2D eigenvalue weighted by atomic mass is 10.0. The molecule has 4 N–H and O–H groups in total. The largest absolute Gasteiger partial charge is 0.357 e. The third-order valence-corrected chi connectivity index (χ3v) is 6.05. The predicted octanol–water partition coefficient (Wildman–Crippen LogP) is 2.86. The molecule has 2 aromatic carbocycles. The topological polar surface area (TPSA) is 116 Å². The summed E-state index contributed by atoms with van der Waals surface area (Å²) >= 11 is 0. The van der Waals surface area contributed by atoms with Crippen LogP contribution in [0, 0.1) is 5.92 Å². The zero-order valence-electron chi connectivity index (χ0n) is 23.0. The molecule has 2 atom stereocenters. The number of carbonyl (C=O) groups is 4. The van der Waals surface area contributed by atoms with Gasteiger partial charge in [0.1, 0.15) is 12.1 Å². The SMILES string of the molecule is CNC(=O)[C@H](C)NC(=O)CCc1cccc(/C=C\c2cccc(CCNC(=O)[C@@H](NC(C)=O)C(C)C)c2)c1. The molecule has 4 amide bonds. The maximum Gasteiger partial charge on any atom is 0.242 e. The monoisotopic (exact) mass is 520 g/mol. The first-order valence-corrected chi connectivity index (χ1v) is 13.0. The highest BCUT2D eigenvalue weighted by Gasteiger charge is 2.22. The van der Waals surface area contributed by atoms with Gasteiger partial charge >= 0.3 is 0 Å². The maximum absolute atomic E-state index is 12.5. The Morgan fingerprint density at radius 3 is 1.92 bits per heavy atom. The molecule has 0 radical (unpaired) electrons. The summed E-state index contributed by atoms with van der Waals surface area (Å²) in [5.74, 6) is -0.780. The number of amides is 4. The van der Waals surface area contributed by atoms with Crippen molar-refractivity contribution in [2.45, 2.75) is 59.0 Å². The molecule has 2 aromatic rings. The van der Waals surface area contributed by atoms with E-state index in [0.29, 0.717) is 25.8 Å². The van der Waals surface area contributed by atoms with Crippen molar-refractivity contribution in [3.63, 3.8) is 0 Å². The molecular formula is C30H40N4O4. The van der Waals surface area contributed by atoms with Gasteiger partial charge in [0.2, 0.25) is 23.6 Å². The van der Waals surface area contributed by atoms with Gasteiger partial charge in [-0.25, -0.2) is 0 Å². The van der Waals surface area contributed by atoms with Crippen LogP contribution in [0.5, 0.6) is 0 Å². The number of hydrogen-bond donors (Lipinski definition) is 4. The highest BCUT2D eigenvalue weighted by atomic mass is 16.2. The Balaban J connectivity index is 1.90. The second kappa shape index (κ2) is 15.3. The number of rotatable bonds is 13. The van der Waals surface area contributed by atoms with Crippen molar-refractivity contribution in [1.29, 1.82) is 0 Å². The van der Waals surface area contributed by atoms with Crippen LogP contribution in [0.15, 0.2) is 48.5 Å². The smallest absolute Gasteiger partial charge is 0.242 e. The molecule has 204 valence electrons. The summed E-state index contributed by atoms with van der Waals surface area (Å²) in [7, 11) is 1.54. The molecule has 0 heterocycles. The third-order valence-electron chi connectivity index (χ3n) is 6.05. The quantitative estimate of drug-likeness (QED) is 0.304. The van der Waals surface area contributed by atoms with Crippen LogP contribution in [0.4, 0.5) is 0 Å². The molecule has 0 bridgehead atoms. The number of aryl methyl sites for hydroxylation is 1. The van der Waals surface area contributed by atoms with E-state index in [0.717, 1.165) is 22.3 Å². The van der Waals surface area contributed by atoms with Crippen molar-refractivity contribution in [1.82, 2.24) is 21.3 Å². The summed E-state index contributed by atoms with van der Waals surface area (Å²) in [6.07, 6.45) is 5.61. The third kappa shape index (κ3) is 10.6. The minimum Gasteiger partial charge on any atom is -0.357 e. The van der Waals surface area contributed by atoms with E-state index in [1.165, 1.54) is 6.92 Å². The van der Waals surface area contributed by atoms with Crippen LogP contribution in [0.1, 0.15) is 56.4 Å². The van der Waals surface area contributed by atoms with E-state index in [1.54, 1.807) is 14.0 Å². The predicted molar refractivity (Wildman–Crippen MR) is 151 cm³/mol. The lowest BCUT2D eigenvalue weighted by Crippen LogP contribution is -2.49. The molecule has 0 aliphatic carbocycles. The fourth-order valence-corrected chi connectivity index (χ4v) is 3.94. The standard InChI is InChI=1S/C30H40N4O4/c1-20(2)28(34-22(4)35)30(38)32-17-16-26-11-7-9-24(19-26)13-12-23-8-6-10-25(18-23)14-15-27(36)33-21(3)29(37)31-5/h6-13,18-21,28H,14-17H2,1-5H3,(H,31,37)(H,32,38)(H,33,36)(H,34,35)/b13-12-/t21-,28-/m0/s1. The normalized spacial score (nSPS) is 12.6. The summed E-state index contributed by atoms with van der Waals surface area (Å²) in [4.78, 5) is 47.6. The van der Waals surface area contributed by atoms with Crippen LogP contribution in [0.3, 0.4) is 0 Å². The van der Waals surface area contributed by atoms with Crippen molar-refractivity contribution in [2.75, 3.05) is 13.6 Å². The maximum atomic E-state index is 12.5. The molecule has 38 heavy (non-hydrogen) atoms. The molecule has 0 unspecified atom stereocenters. The van der Waals surface area contributed by atoms with Gasteiger partial charge in [0.05, 0.1) is 0 Å². The number of likely N-dealkylation sites (N-methyl/N-ethyl adjacent to an activating group) is 1. The van der Waals surface area contributed by atoms with E-state index < -0.39 is 12.1 Å². The summed E-state index contributed by atoms with van der Waals surface area (Å²) in [6, 6.07) is 15.0. The van der Waals surface area contributed by atoms with Crippen molar-refractivity contribution >= 4 is 35.8 Å². The summed E-state index contributed by atoms with van der Waals surface area (Å²) < 4.78 is 0. The van der Waals surface area contributed by atoms with Crippen LogP contribution in [-0.2, 0) is 32.0 Å². The lowest BCUT2D eigenvalue weighted by molar-refractivity contribution is -0.129. The van der Waals surface area contributed by atoms with Crippen molar-refractivity contribution in [2.24, 2.45) is 5.92 Å². The van der Waals surface area contributed by atoms with Crippen molar-refractivity contribution < 1.29 is 19.2 Å². The fraction of sp³-hybridized carbons (Fsp3) is 0.400. The van der Waals surface area contributed by atoms with E-state index in [2.05, 4.69) is 27.3 Å². The van der Waals surface area contributed by atoms with Crippen LogP contribution in [-0.4, -0.2) is 49.3 Å². The molecule has 8 heteroatoms. The van der Waals surface area contributed by atoms with Gasteiger partial charge in [0.15, 0.2) is 0 Å². The van der Waals surface area contributed by atoms with E-state index in [1.807, 2.05) is 68.5 Å². The van der Waals surface area contributed by atoms with Crippen molar-refractivity contribution in [3.05, 3.63) is 70.8 Å². The molecule has 0 spiro atoms. The van der Waals surface area contributed by atoms with Gasteiger partial charge in [-0.1, -0.05) is 74.5 Å². The number of benzene rings is 2. The average Bonchev–Trinajstić information content (AvgIpc) is 2.89. The highest BCUT2D eigenvalue weighted by Crippen LogP contribution is 2.14. The van der Waals surface area contributed by atoms with E-state index in [4.69, 9.17) is 0 Å².